The lowest BCUT2D eigenvalue weighted by Crippen LogP contribution is -2.32. The molecule has 1 aliphatic rings. The van der Waals surface area contributed by atoms with Crippen molar-refractivity contribution in [3.05, 3.63) is 29.6 Å². The molecule has 100 valence electrons. The summed E-state index contributed by atoms with van der Waals surface area (Å²) in [6, 6.07) is 5.77. The molecule has 1 fully saturated rings. The predicted octanol–water partition coefficient (Wildman–Crippen LogP) is 3.44. The van der Waals surface area contributed by atoms with E-state index in [1.807, 2.05) is 6.07 Å². The van der Waals surface area contributed by atoms with Crippen LogP contribution in [0.2, 0.25) is 0 Å². The monoisotopic (exact) mass is 315 g/mol. The standard InChI is InChI=1S/C14H19BrFNO/c1-10-5-6-17(13(10)8-15)9-11-3-4-14(18-2)12(16)7-11/h3-4,7,10,13H,5-6,8-9H2,1-2H3. The molecular weight excluding hydrogens is 297 g/mol. The van der Waals surface area contributed by atoms with Crippen LogP contribution in [0, 0.1) is 11.7 Å². The quantitative estimate of drug-likeness (QED) is 0.789. The van der Waals surface area contributed by atoms with Crippen molar-refractivity contribution >= 4 is 15.9 Å². The zero-order valence-electron chi connectivity index (χ0n) is 10.8. The van der Waals surface area contributed by atoms with Gasteiger partial charge in [-0.05, 0) is 36.6 Å². The first kappa shape index (κ1) is 13.8. The van der Waals surface area contributed by atoms with Crippen molar-refractivity contribution in [3.63, 3.8) is 0 Å². The molecule has 1 aromatic rings. The zero-order chi connectivity index (χ0) is 13.1. The van der Waals surface area contributed by atoms with Gasteiger partial charge in [-0.25, -0.2) is 4.39 Å². The van der Waals surface area contributed by atoms with Gasteiger partial charge in [0.15, 0.2) is 11.6 Å². The van der Waals surface area contributed by atoms with Crippen LogP contribution in [0.5, 0.6) is 5.75 Å². The van der Waals surface area contributed by atoms with Crippen LogP contribution in [-0.4, -0.2) is 29.9 Å². The Labute approximate surface area is 116 Å². The summed E-state index contributed by atoms with van der Waals surface area (Å²) in [5.41, 5.74) is 1.01. The summed E-state index contributed by atoms with van der Waals surface area (Å²) in [6.07, 6.45) is 1.22. The van der Waals surface area contributed by atoms with E-state index in [4.69, 9.17) is 4.74 Å². The van der Waals surface area contributed by atoms with Gasteiger partial charge in [0.05, 0.1) is 7.11 Å². The fourth-order valence-electron chi connectivity index (χ4n) is 2.58. The lowest BCUT2D eigenvalue weighted by atomic mass is 10.0. The highest BCUT2D eigenvalue weighted by molar-refractivity contribution is 9.09. The highest BCUT2D eigenvalue weighted by Crippen LogP contribution is 2.27. The molecule has 0 bridgehead atoms. The lowest BCUT2D eigenvalue weighted by Gasteiger charge is -2.25. The molecule has 1 aromatic carbocycles. The van der Waals surface area contributed by atoms with Crippen LogP contribution >= 0.6 is 15.9 Å². The fraction of sp³-hybridized carbons (Fsp3) is 0.571. The molecule has 18 heavy (non-hydrogen) atoms. The molecule has 0 N–H and O–H groups in total. The average Bonchev–Trinajstić information content (AvgIpc) is 2.70. The first-order valence-corrected chi connectivity index (χ1v) is 7.40. The van der Waals surface area contributed by atoms with Crippen molar-refractivity contribution in [3.8, 4) is 5.75 Å². The van der Waals surface area contributed by atoms with Gasteiger partial charge in [0.2, 0.25) is 0 Å². The Hall–Kier alpha value is -0.610. The summed E-state index contributed by atoms with van der Waals surface area (Å²) in [5, 5.41) is 0.979. The van der Waals surface area contributed by atoms with E-state index < -0.39 is 0 Å². The zero-order valence-corrected chi connectivity index (χ0v) is 12.4. The molecule has 0 radical (unpaired) electrons. The van der Waals surface area contributed by atoms with Crippen molar-refractivity contribution in [2.75, 3.05) is 19.0 Å². The van der Waals surface area contributed by atoms with Crippen molar-refractivity contribution < 1.29 is 9.13 Å². The molecule has 1 saturated heterocycles. The summed E-state index contributed by atoms with van der Waals surface area (Å²) in [6.45, 7) is 4.17. The Morgan fingerprint density at radius 1 is 1.50 bits per heavy atom. The van der Waals surface area contributed by atoms with E-state index in [-0.39, 0.29) is 5.82 Å². The van der Waals surface area contributed by atoms with Crippen LogP contribution in [0.4, 0.5) is 4.39 Å². The number of hydrogen-bond acceptors (Lipinski definition) is 2. The SMILES string of the molecule is COc1ccc(CN2CCC(C)C2CBr)cc1F. The third-order valence-corrected chi connectivity index (χ3v) is 4.42. The number of likely N-dealkylation sites (tertiary alicyclic amines) is 1. The topological polar surface area (TPSA) is 12.5 Å². The van der Waals surface area contributed by atoms with Crippen molar-refractivity contribution in [1.82, 2.24) is 4.90 Å². The summed E-state index contributed by atoms with van der Waals surface area (Å²) >= 11 is 3.57. The molecule has 2 nitrogen and oxygen atoms in total. The minimum atomic E-state index is -0.280. The van der Waals surface area contributed by atoms with Gasteiger partial charge < -0.3 is 4.74 Å². The Kier molecular flexibility index (Phi) is 4.62. The fourth-order valence-corrected chi connectivity index (χ4v) is 3.62. The minimum absolute atomic E-state index is 0.280. The highest BCUT2D eigenvalue weighted by Gasteiger charge is 2.29. The van der Waals surface area contributed by atoms with Crippen LogP contribution in [-0.2, 0) is 6.54 Å². The van der Waals surface area contributed by atoms with Gasteiger partial charge in [0, 0.05) is 17.9 Å². The largest absolute Gasteiger partial charge is 0.494 e. The van der Waals surface area contributed by atoms with Crippen LogP contribution in [0.15, 0.2) is 18.2 Å². The van der Waals surface area contributed by atoms with Crippen LogP contribution < -0.4 is 4.74 Å². The van der Waals surface area contributed by atoms with E-state index in [2.05, 4.69) is 27.8 Å². The molecule has 2 rings (SSSR count). The minimum Gasteiger partial charge on any atom is -0.494 e. The number of methoxy groups -OCH3 is 1. The Morgan fingerprint density at radius 2 is 2.28 bits per heavy atom. The molecule has 4 heteroatoms. The first-order chi connectivity index (χ1) is 8.65. The van der Waals surface area contributed by atoms with Crippen molar-refractivity contribution in [2.24, 2.45) is 5.92 Å². The Balaban J connectivity index is 2.07. The van der Waals surface area contributed by atoms with Gasteiger partial charge in [0.25, 0.3) is 0 Å². The van der Waals surface area contributed by atoms with Gasteiger partial charge in [-0.2, -0.15) is 0 Å². The predicted molar refractivity (Wildman–Crippen MR) is 74.7 cm³/mol. The maximum absolute atomic E-state index is 13.6. The Morgan fingerprint density at radius 3 is 2.89 bits per heavy atom. The second-order valence-electron chi connectivity index (χ2n) is 4.93. The lowest BCUT2D eigenvalue weighted by molar-refractivity contribution is 0.244. The maximum atomic E-state index is 13.6. The molecule has 0 amide bonds. The van der Waals surface area contributed by atoms with E-state index in [1.54, 1.807) is 12.1 Å². The molecule has 1 heterocycles. The summed E-state index contributed by atoms with van der Waals surface area (Å²) in [7, 11) is 1.49. The van der Waals surface area contributed by atoms with E-state index >= 15 is 0 Å². The number of benzene rings is 1. The molecule has 0 saturated carbocycles. The average molecular weight is 316 g/mol. The van der Waals surface area contributed by atoms with Gasteiger partial charge in [-0.15, -0.1) is 0 Å². The molecular formula is C14H19BrFNO. The third kappa shape index (κ3) is 2.86. The molecule has 0 aromatic heterocycles. The van der Waals surface area contributed by atoms with Gasteiger partial charge >= 0.3 is 0 Å². The number of rotatable bonds is 4. The molecule has 2 unspecified atom stereocenters. The van der Waals surface area contributed by atoms with E-state index in [9.17, 15) is 4.39 Å². The highest BCUT2D eigenvalue weighted by atomic mass is 79.9. The summed E-state index contributed by atoms with van der Waals surface area (Å²) < 4.78 is 18.6. The van der Waals surface area contributed by atoms with Crippen LogP contribution in [0.1, 0.15) is 18.9 Å². The summed E-state index contributed by atoms with van der Waals surface area (Å²) in [4.78, 5) is 2.42. The van der Waals surface area contributed by atoms with Crippen LogP contribution in [0.3, 0.4) is 0 Å². The van der Waals surface area contributed by atoms with Crippen molar-refractivity contribution in [2.45, 2.75) is 25.9 Å². The number of nitrogens with zero attached hydrogens (tertiary/aromatic N) is 1. The molecule has 1 aliphatic heterocycles. The molecule has 0 spiro atoms. The molecule has 0 aliphatic carbocycles. The maximum Gasteiger partial charge on any atom is 0.165 e. The van der Waals surface area contributed by atoms with Gasteiger partial charge in [0.1, 0.15) is 0 Å². The van der Waals surface area contributed by atoms with E-state index in [1.165, 1.54) is 13.5 Å². The van der Waals surface area contributed by atoms with Crippen LogP contribution in [0.25, 0.3) is 0 Å². The van der Waals surface area contributed by atoms with Gasteiger partial charge in [-0.3, -0.25) is 4.90 Å². The normalized spacial score (nSPS) is 24.4. The summed E-state index contributed by atoms with van der Waals surface area (Å²) in [5.74, 6) is 0.732. The first-order valence-electron chi connectivity index (χ1n) is 6.28. The number of hydrogen-bond donors (Lipinski definition) is 0. The Bertz CT molecular complexity index is 413. The van der Waals surface area contributed by atoms with E-state index in [0.29, 0.717) is 17.7 Å². The number of halogens is 2. The second-order valence-corrected chi connectivity index (χ2v) is 5.57. The number of ether oxygens (including phenoxy) is 1. The number of alkyl halides is 1. The van der Waals surface area contributed by atoms with Crippen molar-refractivity contribution in [1.29, 1.82) is 0 Å². The third-order valence-electron chi connectivity index (χ3n) is 3.76. The smallest absolute Gasteiger partial charge is 0.165 e. The molecule has 2 atom stereocenters. The second kappa shape index (κ2) is 6.02. The van der Waals surface area contributed by atoms with E-state index in [0.717, 1.165) is 24.0 Å². The van der Waals surface area contributed by atoms with Gasteiger partial charge in [-0.1, -0.05) is 28.9 Å².